The van der Waals surface area contributed by atoms with E-state index < -0.39 is 0 Å². The summed E-state index contributed by atoms with van der Waals surface area (Å²) >= 11 is 12.1. The highest BCUT2D eigenvalue weighted by molar-refractivity contribution is 6.42. The number of hydrogen-bond acceptors (Lipinski definition) is 3. The molecule has 2 aromatic rings. The molecule has 1 heterocycles. The molecule has 0 fully saturated rings. The zero-order chi connectivity index (χ0) is 14.7. The maximum atomic E-state index is 12.2. The van der Waals surface area contributed by atoms with Crippen LogP contribution in [0.1, 0.15) is 21.7 Å². The van der Waals surface area contributed by atoms with Crippen molar-refractivity contribution in [3.8, 4) is 0 Å². The Labute approximate surface area is 127 Å². The molecule has 0 saturated heterocycles. The lowest BCUT2D eigenvalue weighted by Crippen LogP contribution is -2.27. The Kier molecular flexibility index (Phi) is 4.57. The summed E-state index contributed by atoms with van der Waals surface area (Å²) < 4.78 is 0. The third kappa shape index (κ3) is 3.26. The molecule has 0 unspecified atom stereocenters. The molecule has 2 rings (SSSR count). The third-order valence-corrected chi connectivity index (χ3v) is 3.64. The van der Waals surface area contributed by atoms with Crippen LogP contribution in [0.5, 0.6) is 0 Å². The SMILES string of the molecule is Cc1cnc(C(=O)N(C)Cc2cccc(Cl)c2Cl)cn1. The molecule has 0 atom stereocenters. The molecule has 6 heteroatoms. The number of rotatable bonds is 3. The van der Waals surface area contributed by atoms with Gasteiger partial charge in [0, 0.05) is 19.8 Å². The van der Waals surface area contributed by atoms with Gasteiger partial charge in [-0.3, -0.25) is 9.78 Å². The summed E-state index contributed by atoms with van der Waals surface area (Å²) in [5.41, 5.74) is 1.86. The van der Waals surface area contributed by atoms with E-state index in [4.69, 9.17) is 23.2 Å². The minimum Gasteiger partial charge on any atom is -0.336 e. The summed E-state index contributed by atoms with van der Waals surface area (Å²) in [5, 5.41) is 0.934. The van der Waals surface area contributed by atoms with Crippen molar-refractivity contribution in [1.82, 2.24) is 14.9 Å². The molecule has 0 bridgehead atoms. The molecule has 1 aromatic heterocycles. The van der Waals surface area contributed by atoms with E-state index in [2.05, 4.69) is 9.97 Å². The highest BCUT2D eigenvalue weighted by atomic mass is 35.5. The molecule has 4 nitrogen and oxygen atoms in total. The Morgan fingerprint density at radius 3 is 2.65 bits per heavy atom. The maximum Gasteiger partial charge on any atom is 0.274 e. The summed E-state index contributed by atoms with van der Waals surface area (Å²) in [6.07, 6.45) is 3.03. The molecular weight excluding hydrogens is 297 g/mol. The Bertz CT molecular complexity index is 629. The fourth-order valence-corrected chi connectivity index (χ4v) is 2.08. The average molecular weight is 310 g/mol. The monoisotopic (exact) mass is 309 g/mol. The molecular formula is C14H13Cl2N3O. The van der Waals surface area contributed by atoms with Crippen molar-refractivity contribution in [3.05, 3.63) is 57.6 Å². The van der Waals surface area contributed by atoms with Crippen LogP contribution >= 0.6 is 23.2 Å². The Morgan fingerprint density at radius 2 is 2.00 bits per heavy atom. The number of amides is 1. The fraction of sp³-hybridized carbons (Fsp3) is 0.214. The van der Waals surface area contributed by atoms with E-state index in [0.29, 0.717) is 22.3 Å². The topological polar surface area (TPSA) is 46.1 Å². The molecule has 0 radical (unpaired) electrons. The van der Waals surface area contributed by atoms with E-state index in [9.17, 15) is 4.79 Å². The summed E-state index contributed by atoms with van der Waals surface area (Å²) in [6.45, 7) is 2.17. The number of aryl methyl sites for hydroxylation is 1. The zero-order valence-electron chi connectivity index (χ0n) is 11.1. The van der Waals surface area contributed by atoms with Gasteiger partial charge in [-0.1, -0.05) is 35.3 Å². The molecule has 1 amide bonds. The van der Waals surface area contributed by atoms with Gasteiger partial charge in [0.15, 0.2) is 0 Å². The standard InChI is InChI=1S/C14H13Cl2N3O/c1-9-6-18-12(7-17-9)14(20)19(2)8-10-4-3-5-11(15)13(10)16/h3-7H,8H2,1-2H3. The predicted octanol–water partition coefficient (Wildman–Crippen LogP) is 3.36. The second-order valence-corrected chi connectivity index (χ2v) is 5.20. The first-order valence-electron chi connectivity index (χ1n) is 5.96. The van der Waals surface area contributed by atoms with Crippen LogP contribution in [0.2, 0.25) is 10.0 Å². The van der Waals surface area contributed by atoms with Crippen LogP contribution in [-0.2, 0) is 6.54 Å². The van der Waals surface area contributed by atoms with Crippen LogP contribution in [-0.4, -0.2) is 27.8 Å². The van der Waals surface area contributed by atoms with E-state index in [1.165, 1.54) is 11.1 Å². The van der Waals surface area contributed by atoms with Crippen molar-refractivity contribution in [1.29, 1.82) is 0 Å². The van der Waals surface area contributed by atoms with E-state index in [1.807, 2.05) is 13.0 Å². The van der Waals surface area contributed by atoms with Crippen molar-refractivity contribution >= 4 is 29.1 Å². The molecule has 0 aliphatic carbocycles. The van der Waals surface area contributed by atoms with Crippen LogP contribution < -0.4 is 0 Å². The minimum atomic E-state index is -0.214. The quantitative estimate of drug-likeness (QED) is 0.873. The predicted molar refractivity (Wildman–Crippen MR) is 79.0 cm³/mol. The van der Waals surface area contributed by atoms with E-state index in [-0.39, 0.29) is 5.91 Å². The summed E-state index contributed by atoms with van der Waals surface area (Å²) in [6, 6.07) is 5.34. The van der Waals surface area contributed by atoms with Crippen LogP contribution in [0, 0.1) is 6.92 Å². The van der Waals surface area contributed by atoms with E-state index >= 15 is 0 Å². The van der Waals surface area contributed by atoms with Gasteiger partial charge in [0.05, 0.1) is 21.9 Å². The van der Waals surface area contributed by atoms with Crippen LogP contribution in [0.4, 0.5) is 0 Å². The minimum absolute atomic E-state index is 0.214. The number of hydrogen-bond donors (Lipinski definition) is 0. The van der Waals surface area contributed by atoms with Gasteiger partial charge in [-0.25, -0.2) is 4.98 Å². The number of benzene rings is 1. The Morgan fingerprint density at radius 1 is 1.25 bits per heavy atom. The summed E-state index contributed by atoms with van der Waals surface area (Å²) in [5.74, 6) is -0.214. The van der Waals surface area contributed by atoms with Crippen molar-refractivity contribution in [2.24, 2.45) is 0 Å². The van der Waals surface area contributed by atoms with Gasteiger partial charge in [-0.15, -0.1) is 0 Å². The Balaban J connectivity index is 2.15. The number of halogens is 2. The van der Waals surface area contributed by atoms with Gasteiger partial charge in [0.2, 0.25) is 0 Å². The van der Waals surface area contributed by atoms with Crippen molar-refractivity contribution in [2.75, 3.05) is 7.05 Å². The van der Waals surface area contributed by atoms with Crippen LogP contribution in [0.3, 0.4) is 0 Å². The van der Waals surface area contributed by atoms with Crippen molar-refractivity contribution < 1.29 is 4.79 Å². The lowest BCUT2D eigenvalue weighted by atomic mass is 10.2. The first kappa shape index (κ1) is 14.8. The van der Waals surface area contributed by atoms with Crippen molar-refractivity contribution in [2.45, 2.75) is 13.5 Å². The molecule has 0 spiro atoms. The molecule has 0 aliphatic heterocycles. The molecule has 104 valence electrons. The summed E-state index contributed by atoms with van der Waals surface area (Å²) in [7, 11) is 1.68. The third-order valence-electron chi connectivity index (χ3n) is 2.79. The maximum absolute atomic E-state index is 12.2. The smallest absolute Gasteiger partial charge is 0.274 e. The lowest BCUT2D eigenvalue weighted by molar-refractivity contribution is 0.0779. The highest BCUT2D eigenvalue weighted by Gasteiger charge is 2.15. The van der Waals surface area contributed by atoms with Crippen LogP contribution in [0.15, 0.2) is 30.6 Å². The van der Waals surface area contributed by atoms with Gasteiger partial charge in [0.1, 0.15) is 5.69 Å². The normalized spacial score (nSPS) is 10.4. The molecule has 0 saturated carbocycles. The Hall–Kier alpha value is -1.65. The number of nitrogens with zero attached hydrogens (tertiary/aromatic N) is 3. The zero-order valence-corrected chi connectivity index (χ0v) is 12.6. The number of carbonyl (C=O) groups excluding carboxylic acids is 1. The molecule has 20 heavy (non-hydrogen) atoms. The van der Waals surface area contributed by atoms with Gasteiger partial charge in [-0.2, -0.15) is 0 Å². The first-order chi connectivity index (χ1) is 9.49. The van der Waals surface area contributed by atoms with Gasteiger partial charge >= 0.3 is 0 Å². The second kappa shape index (κ2) is 6.20. The van der Waals surface area contributed by atoms with Gasteiger partial charge in [0.25, 0.3) is 5.91 Å². The molecule has 0 aliphatic rings. The summed E-state index contributed by atoms with van der Waals surface area (Å²) in [4.78, 5) is 21.9. The molecule has 0 N–H and O–H groups in total. The average Bonchev–Trinajstić information content (AvgIpc) is 2.44. The second-order valence-electron chi connectivity index (χ2n) is 4.42. The number of carbonyl (C=O) groups is 1. The van der Waals surface area contributed by atoms with Gasteiger partial charge in [-0.05, 0) is 18.6 Å². The largest absolute Gasteiger partial charge is 0.336 e. The van der Waals surface area contributed by atoms with Crippen molar-refractivity contribution in [3.63, 3.8) is 0 Å². The molecule has 1 aromatic carbocycles. The van der Waals surface area contributed by atoms with Gasteiger partial charge < -0.3 is 4.90 Å². The lowest BCUT2D eigenvalue weighted by Gasteiger charge is -2.17. The van der Waals surface area contributed by atoms with Crippen LogP contribution in [0.25, 0.3) is 0 Å². The van der Waals surface area contributed by atoms with E-state index in [1.54, 1.807) is 25.4 Å². The first-order valence-corrected chi connectivity index (χ1v) is 6.71. The van der Waals surface area contributed by atoms with E-state index in [0.717, 1.165) is 11.3 Å². The fourth-order valence-electron chi connectivity index (χ4n) is 1.70. The number of aromatic nitrogens is 2. The highest BCUT2D eigenvalue weighted by Crippen LogP contribution is 2.26.